The molecule has 0 aromatic carbocycles. The average molecular weight is 561 g/mol. The van der Waals surface area contributed by atoms with Crippen molar-refractivity contribution >= 4 is 23.8 Å². The van der Waals surface area contributed by atoms with Crippen molar-refractivity contribution < 1.29 is 13.9 Å². The number of ether oxygens (including phenoxy) is 1. The van der Waals surface area contributed by atoms with Gasteiger partial charge in [-0.2, -0.15) is 15.3 Å². The van der Waals surface area contributed by atoms with Crippen LogP contribution >= 0.6 is 0 Å². The van der Waals surface area contributed by atoms with Gasteiger partial charge in [0.15, 0.2) is 17.5 Å². The SMILES string of the molecule is CO[C@]1(C(=O)N[C@@H](C)c2ccc(-n3cc(F)cn3)nc2)CC[C@H](C2N=C(Nc3cc(C)[nH]n3)C=C3C=NNC32)CC1. The van der Waals surface area contributed by atoms with Crippen LogP contribution in [0.1, 0.15) is 49.9 Å². The lowest BCUT2D eigenvalue weighted by Gasteiger charge is -2.41. The molecule has 12 nitrogen and oxygen atoms in total. The largest absolute Gasteiger partial charge is 0.368 e. The quantitative estimate of drug-likeness (QED) is 0.347. The van der Waals surface area contributed by atoms with Crippen LogP contribution in [-0.2, 0) is 9.53 Å². The van der Waals surface area contributed by atoms with Crippen molar-refractivity contribution in [2.24, 2.45) is 16.0 Å². The Labute approximate surface area is 236 Å². The van der Waals surface area contributed by atoms with E-state index in [9.17, 15) is 9.18 Å². The van der Waals surface area contributed by atoms with Crippen LogP contribution in [-0.4, -0.2) is 67.7 Å². The molecule has 3 atom stereocenters. The monoisotopic (exact) mass is 560 g/mol. The number of carbonyl (C=O) groups is 1. The first kappa shape index (κ1) is 26.8. The number of hydrazone groups is 1. The average Bonchev–Trinajstić information content (AvgIpc) is 3.74. The topological polar surface area (TPSA) is 146 Å². The van der Waals surface area contributed by atoms with Gasteiger partial charge in [-0.3, -0.25) is 14.9 Å². The van der Waals surface area contributed by atoms with Crippen molar-refractivity contribution in [1.82, 2.24) is 35.7 Å². The number of nitrogens with one attached hydrogen (secondary N) is 4. The van der Waals surface area contributed by atoms with Gasteiger partial charge in [-0.15, -0.1) is 0 Å². The van der Waals surface area contributed by atoms with E-state index in [1.54, 1.807) is 19.4 Å². The zero-order valence-corrected chi connectivity index (χ0v) is 23.1. The second-order valence-electron chi connectivity index (χ2n) is 10.9. The number of aromatic nitrogens is 5. The summed E-state index contributed by atoms with van der Waals surface area (Å²) < 4.78 is 20.6. The van der Waals surface area contributed by atoms with Crippen LogP contribution < -0.4 is 16.1 Å². The van der Waals surface area contributed by atoms with E-state index in [1.807, 2.05) is 38.3 Å². The molecule has 13 heteroatoms. The molecule has 4 N–H and O–H groups in total. The molecule has 1 fully saturated rings. The summed E-state index contributed by atoms with van der Waals surface area (Å²) in [4.78, 5) is 23.0. The summed E-state index contributed by atoms with van der Waals surface area (Å²) in [6.45, 7) is 3.86. The Kier molecular flexibility index (Phi) is 7.12. The van der Waals surface area contributed by atoms with Crippen LogP contribution in [0.25, 0.3) is 5.82 Å². The number of halogens is 1. The number of aliphatic imine (C=N–C) groups is 1. The Morgan fingerprint density at radius 1 is 1.27 bits per heavy atom. The number of anilines is 1. The third kappa shape index (κ3) is 5.36. The van der Waals surface area contributed by atoms with Crippen LogP contribution in [0.2, 0.25) is 0 Å². The van der Waals surface area contributed by atoms with E-state index in [-0.39, 0.29) is 30.0 Å². The molecule has 1 aliphatic carbocycles. The zero-order chi connectivity index (χ0) is 28.6. The molecule has 0 spiro atoms. The highest BCUT2D eigenvalue weighted by molar-refractivity contribution is 6.08. The molecule has 1 amide bonds. The lowest BCUT2D eigenvalue weighted by Crippen LogP contribution is -2.53. The van der Waals surface area contributed by atoms with E-state index in [2.05, 4.69) is 41.4 Å². The molecule has 3 aromatic heterocycles. The van der Waals surface area contributed by atoms with Crippen LogP contribution in [0.3, 0.4) is 0 Å². The number of aryl methyl sites for hydroxylation is 1. The van der Waals surface area contributed by atoms with Gasteiger partial charge in [-0.25, -0.2) is 14.1 Å². The minimum absolute atomic E-state index is 0.00377. The Hall–Kier alpha value is -4.39. The van der Waals surface area contributed by atoms with Crippen LogP contribution in [0.15, 0.2) is 58.5 Å². The van der Waals surface area contributed by atoms with E-state index >= 15 is 0 Å². The van der Waals surface area contributed by atoms with Crippen molar-refractivity contribution in [3.8, 4) is 5.82 Å². The Morgan fingerprint density at radius 2 is 2.10 bits per heavy atom. The first-order chi connectivity index (χ1) is 19.8. The van der Waals surface area contributed by atoms with Gasteiger partial charge in [0.2, 0.25) is 0 Å². The summed E-state index contributed by atoms with van der Waals surface area (Å²) in [5.41, 5.74) is 5.16. The molecule has 0 saturated heterocycles. The molecule has 3 aromatic rings. The Balaban J connectivity index is 1.10. The van der Waals surface area contributed by atoms with E-state index < -0.39 is 11.4 Å². The van der Waals surface area contributed by atoms with Gasteiger partial charge in [0.25, 0.3) is 5.91 Å². The van der Waals surface area contributed by atoms with E-state index in [4.69, 9.17) is 9.73 Å². The van der Waals surface area contributed by atoms with Crippen molar-refractivity contribution in [3.05, 3.63) is 65.5 Å². The Morgan fingerprint density at radius 3 is 2.76 bits per heavy atom. The number of carbonyl (C=O) groups excluding carboxylic acids is 1. The number of hydrogen-bond donors (Lipinski definition) is 4. The predicted molar refractivity (Wildman–Crippen MR) is 151 cm³/mol. The van der Waals surface area contributed by atoms with Crippen LogP contribution in [0, 0.1) is 18.7 Å². The maximum Gasteiger partial charge on any atom is 0.252 e. The number of rotatable bonds is 7. The molecular weight excluding hydrogens is 527 g/mol. The van der Waals surface area contributed by atoms with E-state index in [1.165, 1.54) is 10.9 Å². The fourth-order valence-electron chi connectivity index (χ4n) is 5.84. The summed E-state index contributed by atoms with van der Waals surface area (Å²) >= 11 is 0. The predicted octanol–water partition coefficient (Wildman–Crippen LogP) is 2.97. The van der Waals surface area contributed by atoms with Crippen molar-refractivity contribution in [1.29, 1.82) is 0 Å². The van der Waals surface area contributed by atoms with Crippen molar-refractivity contribution in [3.63, 3.8) is 0 Å². The minimum atomic E-state index is -0.922. The van der Waals surface area contributed by atoms with Crippen molar-refractivity contribution in [2.45, 2.75) is 63.3 Å². The van der Waals surface area contributed by atoms with Crippen LogP contribution in [0.4, 0.5) is 10.2 Å². The van der Waals surface area contributed by atoms with Gasteiger partial charge in [-0.05, 0) is 63.2 Å². The molecule has 0 bridgehead atoms. The summed E-state index contributed by atoms with van der Waals surface area (Å²) in [5.74, 6) is 1.62. The highest BCUT2D eigenvalue weighted by Crippen LogP contribution is 2.40. The molecule has 0 radical (unpaired) electrons. The first-order valence-corrected chi connectivity index (χ1v) is 13.7. The van der Waals surface area contributed by atoms with Gasteiger partial charge in [0, 0.05) is 30.6 Å². The molecule has 2 unspecified atom stereocenters. The smallest absolute Gasteiger partial charge is 0.252 e. The Bertz CT molecular complexity index is 1500. The third-order valence-electron chi connectivity index (χ3n) is 8.21. The lowest BCUT2D eigenvalue weighted by atomic mass is 9.73. The molecular formula is C28H33FN10O2. The number of H-pyrrole nitrogens is 1. The van der Waals surface area contributed by atoms with Crippen LogP contribution in [0.5, 0.6) is 0 Å². The maximum absolute atomic E-state index is 13.5. The minimum Gasteiger partial charge on any atom is -0.368 e. The molecule has 41 heavy (non-hydrogen) atoms. The summed E-state index contributed by atoms with van der Waals surface area (Å²) in [6, 6.07) is 5.20. The van der Waals surface area contributed by atoms with E-state index in [0.29, 0.717) is 24.5 Å². The number of fused-ring (bicyclic) bond motifs is 1. The van der Waals surface area contributed by atoms with E-state index in [0.717, 1.165) is 41.7 Å². The normalized spacial score (nSPS) is 26.0. The second kappa shape index (κ2) is 10.9. The van der Waals surface area contributed by atoms with Crippen molar-refractivity contribution in [2.75, 3.05) is 12.4 Å². The molecule has 6 rings (SSSR count). The summed E-state index contributed by atoms with van der Waals surface area (Å²) in [7, 11) is 1.60. The summed E-state index contributed by atoms with van der Waals surface area (Å²) in [6.07, 6.45) is 10.6. The molecule has 5 heterocycles. The van der Waals surface area contributed by atoms with Gasteiger partial charge >= 0.3 is 0 Å². The highest BCUT2D eigenvalue weighted by Gasteiger charge is 2.46. The van der Waals surface area contributed by atoms with Gasteiger partial charge < -0.3 is 20.8 Å². The molecule has 214 valence electrons. The first-order valence-electron chi connectivity index (χ1n) is 13.7. The van der Waals surface area contributed by atoms with Gasteiger partial charge in [0.05, 0.1) is 36.7 Å². The highest BCUT2D eigenvalue weighted by atomic mass is 19.1. The standard InChI is InChI=1S/C28H33FN10O2/c1-16-10-23(37-36-16)34-22-11-20-13-31-38-26(20)25(35-22)18-6-8-28(41-3,9-7-18)27(40)33-17(2)19-4-5-24(30-12-19)39-15-21(29)14-32-39/h4-5,10-15,17-18,25-26,38H,6-9H2,1-3H3,(H,33,40)(H2,34,35,36,37)/t17-,18-,25?,26?,28+/m0/s1. The lowest BCUT2D eigenvalue weighted by molar-refractivity contribution is -0.149. The zero-order valence-electron chi connectivity index (χ0n) is 23.1. The summed E-state index contributed by atoms with van der Waals surface area (Å²) in [5, 5.41) is 21.9. The number of methoxy groups -OCH3 is 1. The second-order valence-corrected chi connectivity index (χ2v) is 10.9. The number of amidine groups is 1. The number of dihydropyridines is 1. The fraction of sp³-hybridized carbons (Fsp3) is 0.429. The molecule has 2 aliphatic heterocycles. The van der Waals surface area contributed by atoms with Gasteiger partial charge in [0.1, 0.15) is 11.4 Å². The molecule has 1 saturated carbocycles. The fourth-order valence-corrected chi connectivity index (χ4v) is 5.84. The number of nitrogens with zero attached hydrogens (tertiary/aromatic N) is 6. The third-order valence-corrected chi connectivity index (χ3v) is 8.21. The number of pyridine rings is 1. The number of aromatic amines is 1. The molecule has 3 aliphatic rings. The number of hydrogen-bond acceptors (Lipinski definition) is 9. The van der Waals surface area contributed by atoms with Gasteiger partial charge in [-0.1, -0.05) is 6.07 Å². The number of amides is 1. The maximum atomic E-state index is 13.5.